The molecule has 0 aromatic rings. The third-order valence-electron chi connectivity index (χ3n) is 0.985. The summed E-state index contributed by atoms with van der Waals surface area (Å²) in [7, 11) is 0. The first-order valence-electron chi connectivity index (χ1n) is 5.10. The molecular formula is C10H25NO7. The monoisotopic (exact) mass is 271 g/mol. The van der Waals surface area contributed by atoms with Gasteiger partial charge in [-0.1, -0.05) is 0 Å². The number of ether oxygens (including phenoxy) is 1. The lowest BCUT2D eigenvalue weighted by Crippen LogP contribution is -2.18. The van der Waals surface area contributed by atoms with Crippen molar-refractivity contribution in [3.63, 3.8) is 0 Å². The Bertz CT molecular complexity index is 195. The van der Waals surface area contributed by atoms with E-state index in [1.165, 1.54) is 13.8 Å². The van der Waals surface area contributed by atoms with Gasteiger partial charge in [0.2, 0.25) is 0 Å². The molecule has 0 amide bonds. The Kier molecular flexibility index (Phi) is 25.8. The summed E-state index contributed by atoms with van der Waals surface area (Å²) in [5.41, 5.74) is 0. The number of aliphatic carboxylic acids is 1. The second-order valence-electron chi connectivity index (χ2n) is 2.76. The van der Waals surface area contributed by atoms with Crippen LogP contribution in [-0.4, -0.2) is 57.8 Å². The number of hydrogen-bond acceptors (Lipinski definition) is 7. The highest BCUT2D eigenvalue weighted by Gasteiger charge is 2.07. The lowest BCUT2D eigenvalue weighted by atomic mass is 10.4. The maximum Gasteiger partial charge on any atom is 0.334 e. The van der Waals surface area contributed by atoms with E-state index in [4.69, 9.17) is 20.4 Å². The van der Waals surface area contributed by atoms with Gasteiger partial charge in [0.15, 0.2) is 0 Å². The average molecular weight is 271 g/mol. The normalized spacial score (nSPS) is 11.3. The molecule has 0 rings (SSSR count). The van der Waals surface area contributed by atoms with Crippen LogP contribution in [-0.2, 0) is 14.3 Å². The summed E-state index contributed by atoms with van der Waals surface area (Å²) in [6, 6.07) is 0. The molecule has 0 aliphatic heterocycles. The van der Waals surface area contributed by atoms with E-state index in [2.05, 4.69) is 4.74 Å². The van der Waals surface area contributed by atoms with Gasteiger partial charge in [-0.15, -0.1) is 0 Å². The van der Waals surface area contributed by atoms with Crippen molar-refractivity contribution in [3.8, 4) is 0 Å². The molecule has 2 atom stereocenters. The van der Waals surface area contributed by atoms with Gasteiger partial charge in [0.1, 0.15) is 12.2 Å². The van der Waals surface area contributed by atoms with E-state index in [1.807, 2.05) is 0 Å². The van der Waals surface area contributed by atoms with Crippen LogP contribution >= 0.6 is 0 Å². The summed E-state index contributed by atoms with van der Waals surface area (Å²) in [6.07, 6.45) is -2.22. The fourth-order valence-electron chi connectivity index (χ4n) is 0.263. The first-order valence-corrected chi connectivity index (χ1v) is 5.10. The second kappa shape index (κ2) is 18.2. The van der Waals surface area contributed by atoms with Crippen molar-refractivity contribution in [3.05, 3.63) is 0 Å². The average Bonchev–Trinajstić information content (AvgIpc) is 2.19. The van der Waals surface area contributed by atoms with E-state index in [0.717, 1.165) is 0 Å². The van der Waals surface area contributed by atoms with Crippen LogP contribution in [0.5, 0.6) is 0 Å². The highest BCUT2D eigenvalue weighted by molar-refractivity contribution is 5.73. The van der Waals surface area contributed by atoms with E-state index in [1.54, 1.807) is 13.8 Å². The van der Waals surface area contributed by atoms with Crippen LogP contribution in [0.15, 0.2) is 0 Å². The summed E-state index contributed by atoms with van der Waals surface area (Å²) < 4.78 is 4.41. The first kappa shape index (κ1) is 25.6. The van der Waals surface area contributed by atoms with Crippen molar-refractivity contribution in [2.24, 2.45) is 0 Å². The predicted octanol–water partition coefficient (Wildman–Crippen LogP) is -0.457. The SMILES string of the molecule is CC(O)C(=O)O.CCO.CCOC(=O)C(C)O.N. The number of hydrogen-bond donors (Lipinski definition) is 5. The Morgan fingerprint density at radius 2 is 1.39 bits per heavy atom. The molecule has 2 unspecified atom stereocenters. The minimum absolute atomic E-state index is 0. The van der Waals surface area contributed by atoms with Crippen LogP contribution in [0.3, 0.4) is 0 Å². The zero-order chi connectivity index (χ0) is 14.4. The first-order chi connectivity index (χ1) is 7.74. The molecule has 0 saturated carbocycles. The van der Waals surface area contributed by atoms with Gasteiger partial charge in [-0.05, 0) is 27.7 Å². The zero-order valence-electron chi connectivity index (χ0n) is 11.3. The van der Waals surface area contributed by atoms with Gasteiger partial charge >= 0.3 is 11.9 Å². The third-order valence-corrected chi connectivity index (χ3v) is 0.985. The lowest BCUT2D eigenvalue weighted by molar-refractivity contribution is -0.152. The van der Waals surface area contributed by atoms with Crippen LogP contribution in [0, 0.1) is 0 Å². The standard InChI is InChI=1S/C5H10O3.C3H6O3.C2H6O.H3N/c1-3-8-5(7)4(2)6;1-2(4)3(5)6;1-2-3;/h4,6H,3H2,1-2H3;2,4H,1H3,(H,5,6);3H,2H2,1H3;1H3. The Balaban J connectivity index is -0.0000000875. The number of esters is 1. The molecule has 112 valence electrons. The van der Waals surface area contributed by atoms with Crippen LogP contribution < -0.4 is 6.15 Å². The largest absolute Gasteiger partial charge is 0.479 e. The molecule has 8 nitrogen and oxygen atoms in total. The van der Waals surface area contributed by atoms with E-state index in [9.17, 15) is 9.59 Å². The molecule has 0 saturated heterocycles. The number of aliphatic hydroxyl groups is 3. The number of carbonyl (C=O) groups is 2. The van der Waals surface area contributed by atoms with Gasteiger partial charge in [0, 0.05) is 6.61 Å². The molecule has 0 aliphatic carbocycles. The van der Waals surface area contributed by atoms with Gasteiger partial charge in [0.05, 0.1) is 6.61 Å². The van der Waals surface area contributed by atoms with Crippen LogP contribution in [0.2, 0.25) is 0 Å². The Morgan fingerprint density at radius 3 is 1.44 bits per heavy atom. The van der Waals surface area contributed by atoms with Crippen molar-refractivity contribution < 1.29 is 34.8 Å². The maximum absolute atomic E-state index is 10.3. The van der Waals surface area contributed by atoms with Crippen molar-refractivity contribution in [2.45, 2.75) is 39.9 Å². The Hall–Kier alpha value is -1.22. The smallest absolute Gasteiger partial charge is 0.334 e. The summed E-state index contributed by atoms with van der Waals surface area (Å²) in [5.74, 6) is -1.75. The van der Waals surface area contributed by atoms with Crippen molar-refractivity contribution in [2.75, 3.05) is 13.2 Å². The third kappa shape index (κ3) is 29.3. The van der Waals surface area contributed by atoms with E-state index in [0.29, 0.717) is 6.61 Å². The lowest BCUT2D eigenvalue weighted by Gasteiger charge is -2.01. The van der Waals surface area contributed by atoms with Crippen LogP contribution in [0.4, 0.5) is 0 Å². The number of carboxylic acid groups (broad SMARTS) is 1. The second-order valence-corrected chi connectivity index (χ2v) is 2.76. The van der Waals surface area contributed by atoms with Crippen LogP contribution in [0.25, 0.3) is 0 Å². The van der Waals surface area contributed by atoms with Gasteiger partial charge in [-0.2, -0.15) is 0 Å². The molecule has 0 fully saturated rings. The Labute approximate surface area is 107 Å². The minimum atomic E-state index is -1.23. The summed E-state index contributed by atoms with van der Waals surface area (Å²) >= 11 is 0. The molecule has 18 heavy (non-hydrogen) atoms. The van der Waals surface area contributed by atoms with Gasteiger partial charge in [0.25, 0.3) is 0 Å². The van der Waals surface area contributed by atoms with Crippen molar-refractivity contribution in [1.82, 2.24) is 6.15 Å². The molecule has 0 radical (unpaired) electrons. The molecular weight excluding hydrogens is 246 g/mol. The molecule has 8 heteroatoms. The summed E-state index contributed by atoms with van der Waals surface area (Å²) in [6.45, 7) is 6.52. The highest BCUT2D eigenvalue weighted by Crippen LogP contribution is 1.84. The topological polar surface area (TPSA) is 159 Å². The van der Waals surface area contributed by atoms with Gasteiger partial charge in [-0.25, -0.2) is 9.59 Å². The van der Waals surface area contributed by atoms with Gasteiger partial charge < -0.3 is 31.3 Å². The number of carbonyl (C=O) groups excluding carboxylic acids is 1. The van der Waals surface area contributed by atoms with Crippen molar-refractivity contribution in [1.29, 1.82) is 0 Å². The van der Waals surface area contributed by atoms with Crippen LogP contribution in [0.1, 0.15) is 27.7 Å². The zero-order valence-corrected chi connectivity index (χ0v) is 11.3. The van der Waals surface area contributed by atoms with E-state index >= 15 is 0 Å². The number of rotatable bonds is 3. The fraction of sp³-hybridized carbons (Fsp3) is 0.800. The summed E-state index contributed by atoms with van der Waals surface area (Å²) in [4.78, 5) is 19.7. The molecule has 0 aromatic carbocycles. The molecule has 7 N–H and O–H groups in total. The summed E-state index contributed by atoms with van der Waals surface area (Å²) in [5, 5.41) is 31.8. The molecule has 0 aromatic heterocycles. The Morgan fingerprint density at radius 1 is 1.11 bits per heavy atom. The minimum Gasteiger partial charge on any atom is -0.479 e. The van der Waals surface area contributed by atoms with Crippen molar-refractivity contribution >= 4 is 11.9 Å². The quantitative estimate of drug-likeness (QED) is 0.431. The van der Waals surface area contributed by atoms with E-state index < -0.39 is 24.1 Å². The molecule has 0 bridgehead atoms. The fourth-order valence-corrected chi connectivity index (χ4v) is 0.263. The highest BCUT2D eigenvalue weighted by atomic mass is 16.5. The molecule has 0 spiro atoms. The molecule has 0 heterocycles. The maximum atomic E-state index is 10.3. The van der Waals surface area contributed by atoms with E-state index in [-0.39, 0.29) is 12.8 Å². The predicted molar refractivity (Wildman–Crippen MR) is 65.4 cm³/mol. The van der Waals surface area contributed by atoms with Gasteiger partial charge in [-0.3, -0.25) is 0 Å². The number of carboxylic acids is 1. The molecule has 0 aliphatic rings. The number of aliphatic hydroxyl groups excluding tert-OH is 3.